The van der Waals surface area contributed by atoms with E-state index in [9.17, 15) is 14.4 Å². The van der Waals surface area contributed by atoms with Crippen molar-refractivity contribution in [2.45, 2.75) is 33.4 Å². The van der Waals surface area contributed by atoms with Gasteiger partial charge in [-0.2, -0.15) is 0 Å². The van der Waals surface area contributed by atoms with Crippen LogP contribution in [-0.4, -0.2) is 44.6 Å². The number of halogens is 1. The summed E-state index contributed by atoms with van der Waals surface area (Å²) in [5.41, 5.74) is 3.57. The van der Waals surface area contributed by atoms with Gasteiger partial charge in [-0.15, -0.1) is 0 Å². The van der Waals surface area contributed by atoms with Crippen molar-refractivity contribution in [2.75, 3.05) is 17.2 Å². The molecule has 2 aromatic carbocycles. The zero-order valence-corrected chi connectivity index (χ0v) is 22.5. The summed E-state index contributed by atoms with van der Waals surface area (Å²) >= 11 is 3.39. The molecule has 8 nitrogen and oxygen atoms in total. The van der Waals surface area contributed by atoms with Gasteiger partial charge >= 0.3 is 0 Å². The summed E-state index contributed by atoms with van der Waals surface area (Å²) in [4.78, 5) is 44.1. The smallest absolute Gasteiger partial charge is 0.244 e. The maximum absolute atomic E-state index is 13.3. The van der Waals surface area contributed by atoms with Gasteiger partial charge in [0.15, 0.2) is 5.78 Å². The van der Waals surface area contributed by atoms with Gasteiger partial charge in [0.05, 0.1) is 11.9 Å². The number of Topliss-reactive ketones (excluding diaryl/α,β-unsaturated/α-hetero) is 1. The average Bonchev–Trinajstić information content (AvgIpc) is 3.20. The third kappa shape index (κ3) is 6.42. The molecule has 0 spiro atoms. The fourth-order valence-corrected chi connectivity index (χ4v) is 4.51. The van der Waals surface area contributed by atoms with Gasteiger partial charge in [-0.05, 0) is 69.3 Å². The molecular weight excluding hydrogens is 534 g/mol. The van der Waals surface area contributed by atoms with E-state index in [1.807, 2.05) is 56.3 Å². The fraction of sp³-hybridized carbons (Fsp3) is 0.214. The van der Waals surface area contributed by atoms with Crippen LogP contribution >= 0.6 is 15.9 Å². The van der Waals surface area contributed by atoms with Gasteiger partial charge in [0, 0.05) is 50.7 Å². The Balaban J connectivity index is 1.54. The number of hydrogen-bond donors (Lipinski definition) is 2. The molecule has 0 bridgehead atoms. The normalized spacial score (nSPS) is 10.9. The van der Waals surface area contributed by atoms with Crippen molar-refractivity contribution in [3.63, 3.8) is 0 Å². The summed E-state index contributed by atoms with van der Waals surface area (Å²) in [5.74, 6) is -0.596. The Kier molecular flexibility index (Phi) is 8.03. The van der Waals surface area contributed by atoms with Crippen molar-refractivity contribution in [3.8, 4) is 0 Å². The summed E-state index contributed by atoms with van der Waals surface area (Å²) in [7, 11) is 0. The van der Waals surface area contributed by atoms with E-state index in [1.165, 1.54) is 11.8 Å². The van der Waals surface area contributed by atoms with Crippen LogP contribution in [0.4, 0.5) is 17.1 Å². The molecule has 4 aromatic rings. The molecule has 0 aliphatic rings. The summed E-state index contributed by atoms with van der Waals surface area (Å²) in [6.07, 6.45) is 5.12. The van der Waals surface area contributed by atoms with E-state index in [1.54, 1.807) is 35.3 Å². The van der Waals surface area contributed by atoms with E-state index < -0.39 is 0 Å². The standard InChI is InChI=1S/C28H28BrN5O3/c1-18(2)34(16-27(36)32-21-7-4-6-20(29)12-21)28(37)17-33-15-25(19(3)35)24-13-22(9-10-26(24)33)31-23-8-5-11-30-14-23/h4-15,18,31H,16-17H2,1-3H3,(H,32,36). The highest BCUT2D eigenvalue weighted by molar-refractivity contribution is 9.10. The summed E-state index contributed by atoms with van der Waals surface area (Å²) < 4.78 is 2.62. The van der Waals surface area contributed by atoms with Crippen LogP contribution in [0.3, 0.4) is 0 Å². The molecule has 2 N–H and O–H groups in total. The van der Waals surface area contributed by atoms with E-state index in [-0.39, 0.29) is 36.7 Å². The number of nitrogens with zero attached hydrogens (tertiary/aromatic N) is 3. The SMILES string of the molecule is CC(=O)c1cn(CC(=O)N(CC(=O)Nc2cccc(Br)c2)C(C)C)c2ccc(Nc3cccnc3)cc12. The molecule has 2 heterocycles. The first-order valence-electron chi connectivity index (χ1n) is 11.9. The number of anilines is 3. The van der Waals surface area contributed by atoms with Crippen molar-refractivity contribution >= 4 is 61.5 Å². The molecule has 0 aliphatic carbocycles. The Hall–Kier alpha value is -3.98. The van der Waals surface area contributed by atoms with Crippen molar-refractivity contribution < 1.29 is 14.4 Å². The van der Waals surface area contributed by atoms with Crippen molar-refractivity contribution in [3.05, 3.63) is 83.2 Å². The van der Waals surface area contributed by atoms with Crippen molar-refractivity contribution in [2.24, 2.45) is 0 Å². The van der Waals surface area contributed by atoms with Gasteiger partial charge in [0.2, 0.25) is 11.8 Å². The molecule has 0 fully saturated rings. The second-order valence-corrected chi connectivity index (χ2v) is 9.92. The Labute approximate surface area is 223 Å². The topological polar surface area (TPSA) is 96.3 Å². The number of rotatable bonds is 9. The molecule has 0 radical (unpaired) electrons. The van der Waals surface area contributed by atoms with Gasteiger partial charge in [0.25, 0.3) is 0 Å². The zero-order chi connectivity index (χ0) is 26.5. The molecule has 0 aliphatic heterocycles. The average molecular weight is 562 g/mol. The van der Waals surface area contributed by atoms with E-state index in [0.717, 1.165) is 26.8 Å². The van der Waals surface area contributed by atoms with Crippen LogP contribution in [0.5, 0.6) is 0 Å². The lowest BCUT2D eigenvalue weighted by Crippen LogP contribution is -2.43. The second kappa shape index (κ2) is 11.4. The van der Waals surface area contributed by atoms with Gasteiger partial charge in [-0.3, -0.25) is 19.4 Å². The molecule has 0 saturated heterocycles. The quantitative estimate of drug-likeness (QED) is 0.258. The predicted octanol–water partition coefficient (Wildman–Crippen LogP) is 5.62. The Morgan fingerprint density at radius 3 is 2.49 bits per heavy atom. The number of carbonyl (C=O) groups is 3. The van der Waals surface area contributed by atoms with Crippen LogP contribution in [0, 0.1) is 0 Å². The van der Waals surface area contributed by atoms with Crippen LogP contribution in [0.15, 0.2) is 77.7 Å². The third-order valence-corrected chi connectivity index (χ3v) is 6.38. The third-order valence-electron chi connectivity index (χ3n) is 5.88. The number of hydrogen-bond acceptors (Lipinski definition) is 5. The summed E-state index contributed by atoms with van der Waals surface area (Å²) in [6.45, 7) is 5.17. The van der Waals surface area contributed by atoms with E-state index in [4.69, 9.17) is 0 Å². The molecule has 190 valence electrons. The highest BCUT2D eigenvalue weighted by Crippen LogP contribution is 2.27. The number of benzene rings is 2. The van der Waals surface area contributed by atoms with Gasteiger partial charge < -0.3 is 20.1 Å². The number of ketones is 1. The van der Waals surface area contributed by atoms with Crippen LogP contribution in [0.2, 0.25) is 0 Å². The maximum Gasteiger partial charge on any atom is 0.244 e. The molecule has 9 heteroatoms. The Morgan fingerprint density at radius 2 is 1.81 bits per heavy atom. The first kappa shape index (κ1) is 26.1. The number of aromatic nitrogens is 2. The molecule has 2 amide bonds. The fourth-order valence-electron chi connectivity index (χ4n) is 4.11. The van der Waals surface area contributed by atoms with Gasteiger partial charge in [0.1, 0.15) is 13.1 Å². The first-order valence-corrected chi connectivity index (χ1v) is 12.7. The number of nitrogens with one attached hydrogen (secondary N) is 2. The van der Waals surface area contributed by atoms with E-state index >= 15 is 0 Å². The monoisotopic (exact) mass is 561 g/mol. The molecule has 0 unspecified atom stereocenters. The second-order valence-electron chi connectivity index (χ2n) is 9.00. The van der Waals surface area contributed by atoms with Crippen LogP contribution < -0.4 is 10.6 Å². The molecule has 2 aromatic heterocycles. The van der Waals surface area contributed by atoms with Crippen LogP contribution in [0.25, 0.3) is 10.9 Å². The zero-order valence-electron chi connectivity index (χ0n) is 20.9. The van der Waals surface area contributed by atoms with E-state index in [2.05, 4.69) is 31.5 Å². The number of fused-ring (bicyclic) bond motifs is 1. The largest absolute Gasteiger partial charge is 0.354 e. The summed E-state index contributed by atoms with van der Waals surface area (Å²) in [6, 6.07) is 16.5. The number of carbonyl (C=O) groups excluding carboxylic acids is 3. The minimum absolute atomic E-state index is 0.00149. The highest BCUT2D eigenvalue weighted by atomic mass is 79.9. The lowest BCUT2D eigenvalue weighted by Gasteiger charge is -2.26. The van der Waals surface area contributed by atoms with Gasteiger partial charge in [-0.1, -0.05) is 22.0 Å². The first-order chi connectivity index (χ1) is 17.7. The minimum Gasteiger partial charge on any atom is -0.354 e. The molecule has 0 atom stereocenters. The van der Waals surface area contributed by atoms with Crippen LogP contribution in [0.1, 0.15) is 31.1 Å². The highest BCUT2D eigenvalue weighted by Gasteiger charge is 2.22. The maximum atomic E-state index is 13.3. The molecule has 37 heavy (non-hydrogen) atoms. The number of pyridine rings is 1. The summed E-state index contributed by atoms with van der Waals surface area (Å²) in [5, 5.41) is 6.87. The molecule has 4 rings (SSSR count). The Morgan fingerprint density at radius 1 is 1.03 bits per heavy atom. The van der Waals surface area contributed by atoms with Crippen molar-refractivity contribution in [1.29, 1.82) is 0 Å². The van der Waals surface area contributed by atoms with Gasteiger partial charge in [-0.25, -0.2) is 0 Å². The molecular formula is C28H28BrN5O3. The lowest BCUT2D eigenvalue weighted by atomic mass is 10.1. The molecule has 0 saturated carbocycles. The lowest BCUT2D eigenvalue weighted by molar-refractivity contribution is -0.136. The number of amides is 2. The Bertz CT molecular complexity index is 1450. The van der Waals surface area contributed by atoms with E-state index in [0.29, 0.717) is 11.3 Å². The minimum atomic E-state index is -0.284. The van der Waals surface area contributed by atoms with Crippen LogP contribution in [-0.2, 0) is 16.1 Å². The predicted molar refractivity (Wildman–Crippen MR) is 149 cm³/mol. The van der Waals surface area contributed by atoms with Crippen molar-refractivity contribution in [1.82, 2.24) is 14.5 Å².